The van der Waals surface area contributed by atoms with E-state index in [-0.39, 0.29) is 6.42 Å². The Morgan fingerprint density at radius 1 is 0.800 bits per heavy atom. The number of esters is 2. The van der Waals surface area contributed by atoms with Gasteiger partial charge in [0.05, 0.1) is 13.2 Å². The van der Waals surface area contributed by atoms with Crippen LogP contribution >= 0.6 is 0 Å². The molecule has 0 atom stereocenters. The maximum absolute atomic E-state index is 12.8. The van der Waals surface area contributed by atoms with Gasteiger partial charge in [-0.3, -0.25) is 9.59 Å². The topological polar surface area (TPSA) is 52.6 Å². The average Bonchev–Trinajstić information content (AvgIpc) is 2.61. The van der Waals surface area contributed by atoms with Crippen LogP contribution in [0.15, 0.2) is 12.7 Å². The fraction of sp³-hybridized carbons (Fsp3) is 0.810. The summed E-state index contributed by atoms with van der Waals surface area (Å²) in [6, 6.07) is 0. The van der Waals surface area contributed by atoms with Crippen molar-refractivity contribution >= 4 is 11.9 Å². The number of carbonyl (C=O) groups is 2. The number of hydrogen-bond donors (Lipinski definition) is 0. The van der Waals surface area contributed by atoms with Crippen molar-refractivity contribution < 1.29 is 19.1 Å². The van der Waals surface area contributed by atoms with Crippen LogP contribution in [-0.2, 0) is 19.1 Å². The highest BCUT2D eigenvalue weighted by atomic mass is 16.6. The monoisotopic (exact) mass is 354 g/mol. The van der Waals surface area contributed by atoms with Crippen molar-refractivity contribution in [2.45, 2.75) is 91.4 Å². The van der Waals surface area contributed by atoms with Gasteiger partial charge >= 0.3 is 11.9 Å². The Morgan fingerprint density at radius 3 is 1.64 bits per heavy atom. The molecule has 0 aliphatic rings. The molecule has 0 bridgehead atoms. The van der Waals surface area contributed by atoms with Crippen LogP contribution in [0.3, 0.4) is 0 Å². The smallest absolute Gasteiger partial charge is 0.323 e. The van der Waals surface area contributed by atoms with Gasteiger partial charge in [-0.05, 0) is 25.7 Å². The molecule has 0 rings (SSSR count). The van der Waals surface area contributed by atoms with Crippen molar-refractivity contribution in [3.63, 3.8) is 0 Å². The Kier molecular flexibility index (Phi) is 14.2. The summed E-state index contributed by atoms with van der Waals surface area (Å²) in [4.78, 5) is 25.5. The molecule has 4 nitrogen and oxygen atoms in total. The van der Waals surface area contributed by atoms with E-state index in [2.05, 4.69) is 27.4 Å². The lowest BCUT2D eigenvalue weighted by atomic mass is 9.79. The molecule has 0 unspecified atom stereocenters. The Bertz CT molecular complexity index is 352. The second-order valence-electron chi connectivity index (χ2n) is 6.72. The van der Waals surface area contributed by atoms with Crippen LogP contribution < -0.4 is 0 Å². The third-order valence-electron chi connectivity index (χ3n) is 4.44. The standard InChI is InChI=1S/C21H38O4/c1-5-9-12-16-21(15-8-4,19(22)24-17-13-10-6-2)20(23)25-18-14-11-7-3/h8H,4-7,9-18H2,1-3H3. The third kappa shape index (κ3) is 9.08. The Balaban J connectivity index is 5.02. The Labute approximate surface area is 154 Å². The zero-order valence-corrected chi connectivity index (χ0v) is 16.6. The van der Waals surface area contributed by atoms with Crippen LogP contribution in [0.5, 0.6) is 0 Å². The van der Waals surface area contributed by atoms with E-state index >= 15 is 0 Å². The van der Waals surface area contributed by atoms with E-state index in [4.69, 9.17) is 9.47 Å². The lowest BCUT2D eigenvalue weighted by Crippen LogP contribution is -2.42. The van der Waals surface area contributed by atoms with Gasteiger partial charge in [0.1, 0.15) is 0 Å². The first-order chi connectivity index (χ1) is 12.1. The van der Waals surface area contributed by atoms with Crippen LogP contribution in [0.4, 0.5) is 0 Å². The molecule has 0 aliphatic heterocycles. The molecule has 25 heavy (non-hydrogen) atoms. The highest BCUT2D eigenvalue weighted by molar-refractivity contribution is 6.00. The summed E-state index contributed by atoms with van der Waals surface area (Å²) in [5.41, 5.74) is -1.23. The molecule has 0 fully saturated rings. The molecule has 0 N–H and O–H groups in total. The summed E-state index contributed by atoms with van der Waals surface area (Å²) in [7, 11) is 0. The first-order valence-corrected chi connectivity index (χ1v) is 10.0. The molecule has 0 aliphatic carbocycles. The predicted molar refractivity (Wildman–Crippen MR) is 102 cm³/mol. The van der Waals surface area contributed by atoms with Crippen molar-refractivity contribution in [3.05, 3.63) is 12.7 Å². The van der Waals surface area contributed by atoms with Gasteiger partial charge < -0.3 is 9.47 Å². The summed E-state index contributed by atoms with van der Waals surface area (Å²) in [6.07, 6.45) is 11.0. The molecule has 0 saturated carbocycles. The van der Waals surface area contributed by atoms with Crippen LogP contribution in [0.25, 0.3) is 0 Å². The minimum Gasteiger partial charge on any atom is -0.465 e. The summed E-state index contributed by atoms with van der Waals surface area (Å²) in [6.45, 7) is 10.8. The first-order valence-electron chi connectivity index (χ1n) is 10.0. The summed E-state index contributed by atoms with van der Waals surface area (Å²) in [5.74, 6) is -0.889. The zero-order chi connectivity index (χ0) is 19.0. The van der Waals surface area contributed by atoms with Gasteiger partial charge in [0.25, 0.3) is 0 Å². The quantitative estimate of drug-likeness (QED) is 0.157. The summed E-state index contributed by atoms with van der Waals surface area (Å²) < 4.78 is 10.9. The maximum Gasteiger partial charge on any atom is 0.323 e. The van der Waals surface area contributed by atoms with Crippen molar-refractivity contribution in [2.24, 2.45) is 5.41 Å². The van der Waals surface area contributed by atoms with Crippen molar-refractivity contribution in [1.82, 2.24) is 0 Å². The van der Waals surface area contributed by atoms with E-state index in [1.807, 2.05) is 0 Å². The Morgan fingerprint density at radius 2 is 1.24 bits per heavy atom. The largest absolute Gasteiger partial charge is 0.465 e. The molecular weight excluding hydrogens is 316 g/mol. The third-order valence-corrected chi connectivity index (χ3v) is 4.44. The predicted octanol–water partition coefficient (Wildman–Crippen LogP) is 5.60. The van der Waals surface area contributed by atoms with Gasteiger partial charge in [0.15, 0.2) is 5.41 Å². The van der Waals surface area contributed by atoms with Gasteiger partial charge in [0, 0.05) is 0 Å². The van der Waals surface area contributed by atoms with Crippen LogP contribution in [0.2, 0.25) is 0 Å². The highest BCUT2D eigenvalue weighted by Crippen LogP contribution is 2.33. The molecule has 0 radical (unpaired) electrons. The molecule has 0 aromatic heterocycles. The van der Waals surface area contributed by atoms with Gasteiger partial charge in [0.2, 0.25) is 0 Å². The van der Waals surface area contributed by atoms with E-state index in [0.717, 1.165) is 57.8 Å². The minimum absolute atomic E-state index is 0.274. The van der Waals surface area contributed by atoms with Crippen LogP contribution in [-0.4, -0.2) is 25.2 Å². The number of allylic oxidation sites excluding steroid dienone is 1. The number of hydrogen-bond acceptors (Lipinski definition) is 4. The average molecular weight is 355 g/mol. The lowest BCUT2D eigenvalue weighted by molar-refractivity contribution is -0.173. The van der Waals surface area contributed by atoms with E-state index in [1.165, 1.54) is 0 Å². The molecule has 0 aromatic rings. The zero-order valence-electron chi connectivity index (χ0n) is 16.6. The molecular formula is C21H38O4. The molecule has 0 heterocycles. The lowest BCUT2D eigenvalue weighted by Gasteiger charge is -2.28. The number of carbonyl (C=O) groups excluding carboxylic acids is 2. The molecule has 4 heteroatoms. The van der Waals surface area contributed by atoms with Crippen molar-refractivity contribution in [2.75, 3.05) is 13.2 Å². The first kappa shape index (κ1) is 23.7. The fourth-order valence-electron chi connectivity index (χ4n) is 2.79. The minimum atomic E-state index is -1.23. The second kappa shape index (κ2) is 15.0. The van der Waals surface area contributed by atoms with Crippen LogP contribution in [0, 0.1) is 5.41 Å². The van der Waals surface area contributed by atoms with E-state index in [0.29, 0.717) is 19.6 Å². The van der Waals surface area contributed by atoms with E-state index in [9.17, 15) is 9.59 Å². The number of ether oxygens (including phenoxy) is 2. The summed E-state index contributed by atoms with van der Waals surface area (Å²) in [5, 5.41) is 0. The SMILES string of the molecule is C=CCC(CCCCC)(C(=O)OCCCCC)C(=O)OCCCCC. The number of unbranched alkanes of at least 4 members (excludes halogenated alkanes) is 6. The van der Waals surface area contributed by atoms with Gasteiger partial charge in [-0.2, -0.15) is 0 Å². The fourth-order valence-corrected chi connectivity index (χ4v) is 2.79. The summed E-state index contributed by atoms with van der Waals surface area (Å²) >= 11 is 0. The molecule has 0 saturated heterocycles. The second-order valence-corrected chi connectivity index (χ2v) is 6.72. The number of rotatable bonds is 16. The maximum atomic E-state index is 12.8. The van der Waals surface area contributed by atoms with Crippen molar-refractivity contribution in [3.8, 4) is 0 Å². The molecule has 0 amide bonds. The Hall–Kier alpha value is -1.32. The van der Waals surface area contributed by atoms with E-state index < -0.39 is 17.4 Å². The van der Waals surface area contributed by atoms with Gasteiger partial charge in [-0.15, -0.1) is 6.58 Å². The molecule has 146 valence electrons. The van der Waals surface area contributed by atoms with Crippen molar-refractivity contribution in [1.29, 1.82) is 0 Å². The van der Waals surface area contributed by atoms with E-state index in [1.54, 1.807) is 6.08 Å². The molecule has 0 aromatic carbocycles. The molecule has 0 spiro atoms. The van der Waals surface area contributed by atoms with Gasteiger partial charge in [-0.1, -0.05) is 71.8 Å². The highest BCUT2D eigenvalue weighted by Gasteiger charge is 2.47. The van der Waals surface area contributed by atoms with Crippen LogP contribution in [0.1, 0.15) is 91.4 Å². The normalized spacial score (nSPS) is 11.2. The van der Waals surface area contributed by atoms with Gasteiger partial charge in [-0.25, -0.2) is 0 Å².